The third kappa shape index (κ3) is 22.8. The van der Waals surface area contributed by atoms with Crippen molar-refractivity contribution in [3.63, 3.8) is 0 Å². The van der Waals surface area contributed by atoms with Crippen molar-refractivity contribution < 1.29 is 97.6 Å². The molecular weight excluding hydrogens is 1550 g/mol. The number of carbonyl (C=O) groups excluding carboxylic acids is 3. The Morgan fingerprint density at radius 3 is 0.901 bits per heavy atom. The van der Waals surface area contributed by atoms with Crippen LogP contribution in [-0.4, -0.2) is 70.8 Å². The molecule has 0 saturated heterocycles. The third-order valence-corrected chi connectivity index (χ3v) is 17.1. The fourth-order valence-corrected chi connectivity index (χ4v) is 11.4. The van der Waals surface area contributed by atoms with Gasteiger partial charge in [0.15, 0.2) is 0 Å². The summed E-state index contributed by atoms with van der Waals surface area (Å²) in [6, 6.07) is 57.0. The van der Waals surface area contributed by atoms with Gasteiger partial charge in [-0.2, -0.15) is 15.3 Å². The number of carbonyl (C=O) groups is 3. The van der Waals surface area contributed by atoms with E-state index in [0.29, 0.717) is 50.6 Å². The highest BCUT2D eigenvalue weighted by molar-refractivity contribution is 6.37. The largest absolute Gasteiger partial charge is 0.573 e. The van der Waals surface area contributed by atoms with Crippen LogP contribution in [0.1, 0.15) is 75.6 Å². The zero-order valence-corrected chi connectivity index (χ0v) is 60.4. The van der Waals surface area contributed by atoms with Gasteiger partial charge in [-0.15, -0.1) is 39.5 Å². The summed E-state index contributed by atoms with van der Waals surface area (Å²) in [5, 5.41) is 45.9. The Morgan fingerprint density at radius 1 is 0.351 bits per heavy atom. The number of alkyl halides is 9. The summed E-state index contributed by atoms with van der Waals surface area (Å²) >= 11 is 23.7. The zero-order valence-electron chi connectivity index (χ0n) is 57.4. The maximum Gasteiger partial charge on any atom is 0.573 e. The first-order chi connectivity index (χ1) is 52.8. The molecule has 0 radical (unpaired) electrons. The fraction of sp³-hybridized carbons (Fsp3) is 0.100. The summed E-state index contributed by atoms with van der Waals surface area (Å²) in [5.74, 6) is -1.26. The van der Waals surface area contributed by atoms with E-state index in [0.717, 1.165) is 43.4 Å². The molecule has 0 unspecified atom stereocenters. The summed E-state index contributed by atoms with van der Waals surface area (Å²) in [7, 11) is 0. The monoisotopic (exact) mass is 1600 g/mol. The number of benzene rings is 12. The van der Waals surface area contributed by atoms with Gasteiger partial charge in [0.2, 0.25) is 0 Å². The van der Waals surface area contributed by atoms with E-state index in [4.69, 9.17) is 60.6 Å². The van der Waals surface area contributed by atoms with Crippen LogP contribution in [0.4, 0.5) is 39.5 Å². The van der Waals surface area contributed by atoms with Gasteiger partial charge in [-0.1, -0.05) is 156 Å². The number of phenols is 3. The zero-order chi connectivity index (χ0) is 79.7. The maximum absolute atomic E-state index is 12.5. The van der Waals surface area contributed by atoms with Crippen molar-refractivity contribution in [3.05, 3.63) is 300 Å². The Bertz CT molecular complexity index is 4950. The van der Waals surface area contributed by atoms with Gasteiger partial charge in [-0.25, -0.2) is 16.3 Å². The Balaban J connectivity index is 0.000000177. The van der Waals surface area contributed by atoms with Gasteiger partial charge < -0.3 is 43.7 Å². The molecule has 0 aliphatic carbocycles. The van der Waals surface area contributed by atoms with Crippen molar-refractivity contribution >= 4 is 115 Å². The van der Waals surface area contributed by atoms with Crippen molar-refractivity contribution in [2.24, 2.45) is 15.3 Å². The predicted molar refractivity (Wildman–Crippen MR) is 403 cm³/mol. The Kier molecular flexibility index (Phi) is 26.4. The summed E-state index contributed by atoms with van der Waals surface area (Å²) < 4.78 is 140. The number of hydrogen-bond acceptors (Lipinski definition) is 15. The highest BCUT2D eigenvalue weighted by Crippen LogP contribution is 2.36. The van der Waals surface area contributed by atoms with Crippen LogP contribution in [0.25, 0.3) is 32.3 Å². The number of ether oxygens (including phenoxy) is 6. The van der Waals surface area contributed by atoms with E-state index in [1.54, 1.807) is 50.2 Å². The summed E-state index contributed by atoms with van der Waals surface area (Å²) in [4.78, 5) is 37.4. The Hall–Kier alpha value is -12.4. The van der Waals surface area contributed by atoms with Gasteiger partial charge in [0.1, 0.15) is 71.6 Å². The number of hydrogen-bond donors (Lipinski definition) is 6. The Labute approximate surface area is 645 Å². The number of aryl methyl sites for hydroxylation is 2. The highest BCUT2D eigenvalue weighted by Gasteiger charge is 2.33. The highest BCUT2D eigenvalue weighted by atomic mass is 35.5. The molecule has 570 valence electrons. The molecule has 18 nitrogen and oxygen atoms in total. The molecular formula is C80H57Cl4F9N6O12. The van der Waals surface area contributed by atoms with Gasteiger partial charge >= 0.3 is 19.1 Å². The number of nitrogens with zero attached hydrogens (tertiary/aromatic N) is 3. The van der Waals surface area contributed by atoms with Crippen molar-refractivity contribution in [2.45, 2.75) is 52.8 Å². The number of aromatic hydroxyl groups is 3. The molecule has 12 rings (SSSR count). The van der Waals surface area contributed by atoms with Crippen LogP contribution >= 0.6 is 46.4 Å². The molecule has 0 heterocycles. The van der Waals surface area contributed by atoms with E-state index in [2.05, 4.69) is 45.8 Å². The second-order valence-corrected chi connectivity index (χ2v) is 25.3. The van der Waals surface area contributed by atoms with Crippen LogP contribution < -0.4 is 44.7 Å². The van der Waals surface area contributed by atoms with Crippen molar-refractivity contribution in [2.75, 3.05) is 0 Å². The molecule has 6 N–H and O–H groups in total. The second kappa shape index (κ2) is 36.2. The van der Waals surface area contributed by atoms with Crippen molar-refractivity contribution in [1.82, 2.24) is 16.3 Å². The van der Waals surface area contributed by atoms with Crippen molar-refractivity contribution in [1.29, 1.82) is 0 Å². The maximum atomic E-state index is 12.5. The molecule has 0 saturated carbocycles. The van der Waals surface area contributed by atoms with Gasteiger partial charge in [0.05, 0.1) is 44.3 Å². The lowest BCUT2D eigenvalue weighted by molar-refractivity contribution is -0.275. The predicted octanol–water partition coefficient (Wildman–Crippen LogP) is 20.6. The summed E-state index contributed by atoms with van der Waals surface area (Å²) in [5.41, 5.74) is 13.1. The molecule has 12 aromatic rings. The molecule has 12 aromatic carbocycles. The lowest BCUT2D eigenvalue weighted by Crippen LogP contribution is -2.18. The van der Waals surface area contributed by atoms with Crippen LogP contribution in [-0.2, 0) is 19.8 Å². The molecule has 0 aromatic heterocycles. The summed E-state index contributed by atoms with van der Waals surface area (Å²) in [6.45, 7) is 3.73. The van der Waals surface area contributed by atoms with Crippen LogP contribution in [0.5, 0.6) is 51.7 Å². The molecule has 0 spiro atoms. The van der Waals surface area contributed by atoms with Crippen molar-refractivity contribution in [3.8, 4) is 51.7 Å². The number of hydrazone groups is 3. The number of amides is 3. The first kappa shape index (κ1) is 81.1. The van der Waals surface area contributed by atoms with Gasteiger partial charge in [-0.3, -0.25) is 14.4 Å². The van der Waals surface area contributed by atoms with E-state index in [9.17, 15) is 69.2 Å². The van der Waals surface area contributed by atoms with Crippen LogP contribution in [0, 0.1) is 13.8 Å². The number of fused-ring (bicyclic) bond motifs is 3. The summed E-state index contributed by atoms with van der Waals surface area (Å²) in [6.07, 6.45) is -9.79. The van der Waals surface area contributed by atoms with Gasteiger partial charge in [0.25, 0.3) is 17.7 Å². The van der Waals surface area contributed by atoms with Crippen LogP contribution in [0.3, 0.4) is 0 Å². The molecule has 0 aliphatic rings. The quantitative estimate of drug-likeness (QED) is 0.0224. The minimum Gasteiger partial charge on any atom is -0.506 e. The number of rotatable bonds is 21. The van der Waals surface area contributed by atoms with Gasteiger partial charge in [-0.05, 0) is 161 Å². The van der Waals surface area contributed by atoms with Crippen LogP contribution in [0.15, 0.2) is 234 Å². The molecule has 0 bridgehead atoms. The molecule has 0 fully saturated rings. The minimum atomic E-state index is -4.75. The van der Waals surface area contributed by atoms with E-state index < -0.39 is 36.8 Å². The number of nitrogens with one attached hydrogen (secondary N) is 3. The normalized spacial score (nSPS) is 11.6. The molecule has 31 heteroatoms. The van der Waals surface area contributed by atoms with Gasteiger partial charge in [0, 0.05) is 50.0 Å². The standard InChI is InChI=1S/2C27H20ClF3N2O4.C26H17Cl2F3N2O4/c2*1-16-12-24(34)23(28)13-22(16)26(35)33-32-14-18-8-11-25(21-5-3-2-4-20(18)21)36-15-17-6-9-19(10-7-17)37-27(29,30)31;27-21-12-23(34)22(28)11-20(21)25(35)33-32-13-16-7-10-24(19-4-2-1-3-18(16)19)36-14-15-5-8-17(9-6-15)37-26(29,30)31/h2*2-14,34H,15H2,1H3,(H,33,35);1-13,34H,14H2,(H,33,35)/b2*32-14-;32-13-. The Morgan fingerprint density at radius 2 is 0.613 bits per heavy atom. The number of halogens is 13. The molecule has 0 atom stereocenters. The minimum absolute atomic E-state index is 0.0177. The van der Waals surface area contributed by atoms with E-state index >= 15 is 0 Å². The van der Waals surface area contributed by atoms with E-state index in [1.807, 2.05) is 72.8 Å². The van der Waals surface area contributed by atoms with Crippen LogP contribution in [0.2, 0.25) is 20.1 Å². The lowest BCUT2D eigenvalue weighted by Gasteiger charge is -2.12. The first-order valence-electron chi connectivity index (χ1n) is 32.5. The molecule has 0 aliphatic heterocycles. The topological polar surface area (TPSA) is 240 Å². The third-order valence-electron chi connectivity index (χ3n) is 15.9. The second-order valence-electron chi connectivity index (χ2n) is 23.7. The van der Waals surface area contributed by atoms with E-state index in [1.165, 1.54) is 128 Å². The molecule has 3 amide bonds. The SMILES string of the molecule is Cc1cc(O)c(Cl)cc1C(=O)N/N=C\c1ccc(OCc2ccc(OC(F)(F)F)cc2)c2ccccc12.Cc1cc(O)c(Cl)cc1C(=O)N/N=C\c1ccc(OCc2ccc(OC(F)(F)F)cc2)c2ccccc12.O=C(N/N=C\c1ccc(OCc2ccc(OC(F)(F)F)cc2)c2ccccc12)c1cc(Cl)c(O)cc1Cl. The first-order valence-corrected chi connectivity index (χ1v) is 34.0. The smallest absolute Gasteiger partial charge is 0.506 e. The fourth-order valence-electron chi connectivity index (χ4n) is 10.6. The van der Waals surface area contributed by atoms with E-state index in [-0.39, 0.29) is 91.1 Å². The average molecular weight is 1610 g/mol. The average Bonchev–Trinajstić information content (AvgIpc) is 0.784. The molecule has 111 heavy (non-hydrogen) atoms. The number of phenolic OH excluding ortho intramolecular Hbond substituents is 3. The lowest BCUT2D eigenvalue weighted by atomic mass is 10.0.